The van der Waals surface area contributed by atoms with Gasteiger partial charge in [-0.15, -0.1) is 0 Å². The van der Waals surface area contributed by atoms with E-state index in [4.69, 9.17) is 16.3 Å². The molecule has 1 fully saturated rings. The van der Waals surface area contributed by atoms with E-state index in [1.165, 1.54) is 18.2 Å². The average Bonchev–Trinajstić information content (AvgIpc) is 2.26. The van der Waals surface area contributed by atoms with E-state index in [2.05, 4.69) is 23.8 Å². The monoisotopic (exact) mass is 286 g/mol. The fourth-order valence-corrected chi connectivity index (χ4v) is 3.26. The molecule has 2 rings (SSSR count). The molecular formula is C13H19ClN2OS. The maximum Gasteiger partial charge on any atom is 0.219 e. The first-order valence-corrected chi connectivity index (χ1v) is 7.92. The quantitative estimate of drug-likeness (QED) is 0.477. The zero-order valence-corrected chi connectivity index (χ0v) is 12.6. The van der Waals surface area contributed by atoms with Crippen molar-refractivity contribution in [3.05, 3.63) is 11.2 Å². The third-order valence-corrected chi connectivity index (χ3v) is 4.00. The van der Waals surface area contributed by atoms with Crippen LogP contribution in [0.15, 0.2) is 11.2 Å². The molecule has 5 heteroatoms. The molecule has 0 radical (unpaired) electrons. The van der Waals surface area contributed by atoms with E-state index in [-0.39, 0.29) is 6.10 Å². The minimum atomic E-state index is 0.254. The first-order chi connectivity index (χ1) is 8.56. The second kappa shape index (κ2) is 6.11. The summed E-state index contributed by atoms with van der Waals surface area (Å²) in [6, 6.07) is 1.70. The van der Waals surface area contributed by atoms with Crippen molar-refractivity contribution >= 4 is 23.4 Å². The van der Waals surface area contributed by atoms with Gasteiger partial charge in [-0.25, -0.2) is 4.98 Å². The Morgan fingerprint density at radius 2 is 1.89 bits per heavy atom. The van der Waals surface area contributed by atoms with Crippen LogP contribution in [0.25, 0.3) is 0 Å². The van der Waals surface area contributed by atoms with Crippen LogP contribution >= 0.6 is 23.4 Å². The van der Waals surface area contributed by atoms with Crippen molar-refractivity contribution in [2.24, 2.45) is 11.8 Å². The fraction of sp³-hybridized carbons (Fsp3) is 0.692. The Balaban J connectivity index is 2.06. The van der Waals surface area contributed by atoms with Gasteiger partial charge in [-0.2, -0.15) is 4.98 Å². The van der Waals surface area contributed by atoms with Crippen LogP contribution in [0.2, 0.25) is 5.15 Å². The van der Waals surface area contributed by atoms with E-state index < -0.39 is 0 Å². The van der Waals surface area contributed by atoms with Gasteiger partial charge < -0.3 is 4.74 Å². The first-order valence-electron chi connectivity index (χ1n) is 6.32. The normalized spacial score (nSPS) is 28.1. The molecule has 1 aromatic heterocycles. The Bertz CT molecular complexity index is 406. The van der Waals surface area contributed by atoms with Crippen molar-refractivity contribution in [3.8, 4) is 5.88 Å². The molecule has 1 heterocycles. The van der Waals surface area contributed by atoms with Crippen LogP contribution in [0.1, 0.15) is 33.1 Å². The zero-order chi connectivity index (χ0) is 13.1. The summed E-state index contributed by atoms with van der Waals surface area (Å²) in [5, 5.41) is 1.11. The lowest BCUT2D eigenvalue weighted by Crippen LogP contribution is -2.28. The van der Waals surface area contributed by atoms with Crippen molar-refractivity contribution in [2.75, 3.05) is 6.26 Å². The molecule has 0 bridgehead atoms. The lowest BCUT2D eigenvalue weighted by molar-refractivity contribution is 0.0959. The van der Waals surface area contributed by atoms with Crippen LogP contribution in [-0.4, -0.2) is 22.3 Å². The van der Waals surface area contributed by atoms with Crippen molar-refractivity contribution < 1.29 is 4.74 Å². The number of rotatable bonds is 3. The van der Waals surface area contributed by atoms with Gasteiger partial charge in [0.2, 0.25) is 5.88 Å². The van der Waals surface area contributed by atoms with Gasteiger partial charge in [0.15, 0.2) is 5.16 Å². The molecular weight excluding hydrogens is 268 g/mol. The maximum absolute atomic E-state index is 5.97. The van der Waals surface area contributed by atoms with Gasteiger partial charge in [-0.05, 0) is 37.4 Å². The highest BCUT2D eigenvalue weighted by Crippen LogP contribution is 2.31. The second-order valence-electron chi connectivity index (χ2n) is 5.17. The number of halogens is 1. The van der Waals surface area contributed by atoms with E-state index in [1.807, 2.05) is 6.26 Å². The number of hydrogen-bond acceptors (Lipinski definition) is 4. The van der Waals surface area contributed by atoms with E-state index in [0.717, 1.165) is 24.7 Å². The highest BCUT2D eigenvalue weighted by molar-refractivity contribution is 7.98. The topological polar surface area (TPSA) is 35.0 Å². The molecule has 0 saturated heterocycles. The third kappa shape index (κ3) is 3.75. The summed E-state index contributed by atoms with van der Waals surface area (Å²) in [5.41, 5.74) is 0. The van der Waals surface area contributed by atoms with Crippen LogP contribution in [-0.2, 0) is 0 Å². The van der Waals surface area contributed by atoms with Crippen LogP contribution in [0.3, 0.4) is 0 Å². The van der Waals surface area contributed by atoms with E-state index in [9.17, 15) is 0 Å². The minimum absolute atomic E-state index is 0.254. The molecule has 2 atom stereocenters. The Labute approximate surface area is 118 Å². The van der Waals surface area contributed by atoms with Crippen molar-refractivity contribution in [1.82, 2.24) is 9.97 Å². The highest BCUT2D eigenvalue weighted by atomic mass is 35.5. The molecule has 100 valence electrons. The number of hydrogen-bond donors (Lipinski definition) is 0. The second-order valence-corrected chi connectivity index (χ2v) is 6.33. The predicted octanol–water partition coefficient (Wildman–Crippen LogP) is 4.06. The van der Waals surface area contributed by atoms with E-state index in [1.54, 1.807) is 6.07 Å². The predicted molar refractivity (Wildman–Crippen MR) is 75.4 cm³/mol. The summed E-state index contributed by atoms with van der Waals surface area (Å²) < 4.78 is 5.97. The molecule has 0 N–H and O–H groups in total. The van der Waals surface area contributed by atoms with Gasteiger partial charge in [-0.1, -0.05) is 37.2 Å². The lowest BCUT2D eigenvalue weighted by atomic mass is 9.82. The molecule has 18 heavy (non-hydrogen) atoms. The average molecular weight is 287 g/mol. The third-order valence-electron chi connectivity index (χ3n) is 3.26. The van der Waals surface area contributed by atoms with Gasteiger partial charge in [0.05, 0.1) is 0 Å². The Kier molecular flexibility index (Phi) is 4.73. The van der Waals surface area contributed by atoms with Gasteiger partial charge >= 0.3 is 0 Å². The maximum atomic E-state index is 5.97. The van der Waals surface area contributed by atoms with Crippen molar-refractivity contribution in [3.63, 3.8) is 0 Å². The largest absolute Gasteiger partial charge is 0.474 e. The summed E-state index contributed by atoms with van der Waals surface area (Å²) in [5.74, 6) is 2.04. The SMILES string of the molecule is CSc1nc(Cl)cc(OC2CC(C)CC(C)C2)n1. The van der Waals surface area contributed by atoms with Gasteiger partial charge in [0.25, 0.3) is 0 Å². The number of aromatic nitrogens is 2. The summed E-state index contributed by atoms with van der Waals surface area (Å²) in [4.78, 5) is 8.45. The van der Waals surface area contributed by atoms with Crippen molar-refractivity contribution in [1.29, 1.82) is 0 Å². The molecule has 0 amide bonds. The van der Waals surface area contributed by atoms with Gasteiger partial charge in [0.1, 0.15) is 11.3 Å². The van der Waals surface area contributed by atoms with E-state index >= 15 is 0 Å². The molecule has 0 aliphatic heterocycles. The molecule has 2 unspecified atom stereocenters. The zero-order valence-electron chi connectivity index (χ0n) is 11.0. The number of thioether (sulfide) groups is 1. The van der Waals surface area contributed by atoms with Gasteiger partial charge in [0, 0.05) is 6.07 Å². The van der Waals surface area contributed by atoms with Crippen LogP contribution in [0, 0.1) is 11.8 Å². The van der Waals surface area contributed by atoms with Crippen LogP contribution in [0.4, 0.5) is 0 Å². The molecule has 1 aromatic rings. The Morgan fingerprint density at radius 1 is 1.22 bits per heavy atom. The standard InChI is InChI=1S/C13H19ClN2OS/c1-8-4-9(2)6-10(5-8)17-12-7-11(14)15-13(16-12)18-3/h7-10H,4-6H2,1-3H3. The summed E-state index contributed by atoms with van der Waals surface area (Å²) in [6.07, 6.45) is 5.67. The van der Waals surface area contributed by atoms with Crippen LogP contribution < -0.4 is 4.74 Å². The Hall–Kier alpha value is -0.480. The summed E-state index contributed by atoms with van der Waals surface area (Å²) >= 11 is 7.43. The molecule has 1 aliphatic carbocycles. The number of nitrogens with zero attached hydrogens (tertiary/aromatic N) is 2. The van der Waals surface area contributed by atoms with Crippen molar-refractivity contribution in [2.45, 2.75) is 44.4 Å². The first kappa shape index (κ1) is 13.9. The lowest BCUT2D eigenvalue weighted by Gasteiger charge is -2.31. The molecule has 0 aromatic carbocycles. The van der Waals surface area contributed by atoms with E-state index in [0.29, 0.717) is 16.2 Å². The Morgan fingerprint density at radius 3 is 2.50 bits per heavy atom. The molecule has 0 spiro atoms. The summed E-state index contributed by atoms with van der Waals surface area (Å²) in [7, 11) is 0. The highest BCUT2D eigenvalue weighted by Gasteiger charge is 2.25. The summed E-state index contributed by atoms with van der Waals surface area (Å²) in [6.45, 7) is 4.57. The minimum Gasteiger partial charge on any atom is -0.474 e. The molecule has 1 aliphatic rings. The smallest absolute Gasteiger partial charge is 0.219 e. The number of ether oxygens (including phenoxy) is 1. The fourth-order valence-electron chi connectivity index (χ4n) is 2.67. The van der Waals surface area contributed by atoms with Crippen LogP contribution in [0.5, 0.6) is 5.88 Å². The molecule has 3 nitrogen and oxygen atoms in total. The van der Waals surface area contributed by atoms with Gasteiger partial charge in [-0.3, -0.25) is 0 Å². The molecule has 1 saturated carbocycles.